The molecule has 0 radical (unpaired) electrons. The van der Waals surface area contributed by atoms with Crippen LogP contribution in [0.25, 0.3) is 0 Å². The molecule has 3 rings (SSSR count). The fourth-order valence-electron chi connectivity index (χ4n) is 3.31. The number of hydrogen-bond acceptors (Lipinski definition) is 5. The first-order valence-electron chi connectivity index (χ1n) is 9.44. The Labute approximate surface area is 165 Å². The average Bonchev–Trinajstić information content (AvgIpc) is 2.74. The van der Waals surface area contributed by atoms with Gasteiger partial charge in [-0.15, -0.1) is 0 Å². The monoisotopic (exact) mass is 382 g/mol. The molecular weight excluding hydrogens is 356 g/mol. The molecule has 0 aliphatic carbocycles. The number of piperazine rings is 1. The van der Waals surface area contributed by atoms with E-state index in [4.69, 9.17) is 9.47 Å². The van der Waals surface area contributed by atoms with E-state index in [1.54, 1.807) is 37.1 Å². The fourth-order valence-corrected chi connectivity index (χ4v) is 3.31. The second-order valence-corrected chi connectivity index (χ2v) is 6.88. The number of anilines is 1. The van der Waals surface area contributed by atoms with Gasteiger partial charge in [0.15, 0.2) is 6.10 Å². The lowest BCUT2D eigenvalue weighted by Crippen LogP contribution is -2.51. The average molecular weight is 382 g/mol. The highest BCUT2D eigenvalue weighted by Gasteiger charge is 2.27. The molecule has 1 amide bonds. The Hall–Kier alpha value is -3.02. The largest absolute Gasteiger partial charge is 0.496 e. The third kappa shape index (κ3) is 4.44. The van der Waals surface area contributed by atoms with Crippen molar-refractivity contribution in [3.05, 3.63) is 59.7 Å². The number of carbonyl (C=O) groups excluding carboxylic acids is 2. The topological polar surface area (TPSA) is 59.1 Å². The van der Waals surface area contributed by atoms with E-state index >= 15 is 0 Å². The van der Waals surface area contributed by atoms with E-state index in [1.165, 1.54) is 0 Å². The fraction of sp³-hybridized carbons (Fsp3) is 0.364. The SMILES string of the molecule is COc1cc(C(=O)O[C@@H](C)C(=O)N2CCN(c3ccccc3)CC2)ccc1C. The van der Waals surface area contributed by atoms with E-state index in [1.807, 2.05) is 25.1 Å². The minimum absolute atomic E-state index is 0.167. The summed E-state index contributed by atoms with van der Waals surface area (Å²) in [5, 5.41) is 0. The zero-order valence-electron chi connectivity index (χ0n) is 16.6. The highest BCUT2D eigenvalue weighted by atomic mass is 16.5. The minimum atomic E-state index is -0.830. The minimum Gasteiger partial charge on any atom is -0.496 e. The summed E-state index contributed by atoms with van der Waals surface area (Å²) in [4.78, 5) is 29.1. The van der Waals surface area contributed by atoms with Gasteiger partial charge in [-0.1, -0.05) is 24.3 Å². The summed E-state index contributed by atoms with van der Waals surface area (Å²) in [6.45, 7) is 6.24. The first-order chi connectivity index (χ1) is 13.5. The highest BCUT2D eigenvalue weighted by Crippen LogP contribution is 2.20. The molecule has 1 aliphatic heterocycles. The van der Waals surface area contributed by atoms with Gasteiger partial charge in [-0.05, 0) is 43.7 Å². The molecule has 0 bridgehead atoms. The zero-order valence-corrected chi connectivity index (χ0v) is 16.6. The van der Waals surface area contributed by atoms with Crippen molar-refractivity contribution < 1.29 is 19.1 Å². The maximum atomic E-state index is 12.7. The number of methoxy groups -OCH3 is 1. The van der Waals surface area contributed by atoms with E-state index in [9.17, 15) is 9.59 Å². The molecule has 2 aromatic carbocycles. The predicted molar refractivity (Wildman–Crippen MR) is 108 cm³/mol. The van der Waals surface area contributed by atoms with Gasteiger partial charge in [0.2, 0.25) is 0 Å². The van der Waals surface area contributed by atoms with Crippen LogP contribution in [0.5, 0.6) is 5.75 Å². The summed E-state index contributed by atoms with van der Waals surface area (Å²) < 4.78 is 10.6. The molecule has 1 saturated heterocycles. The van der Waals surface area contributed by atoms with Gasteiger partial charge in [0.25, 0.3) is 5.91 Å². The van der Waals surface area contributed by atoms with Gasteiger partial charge in [0.05, 0.1) is 12.7 Å². The Balaban J connectivity index is 1.55. The van der Waals surface area contributed by atoms with Crippen LogP contribution in [-0.4, -0.2) is 56.2 Å². The van der Waals surface area contributed by atoms with Crippen molar-refractivity contribution in [2.45, 2.75) is 20.0 Å². The second-order valence-electron chi connectivity index (χ2n) is 6.88. The smallest absolute Gasteiger partial charge is 0.339 e. The molecule has 0 N–H and O–H groups in total. The molecule has 1 fully saturated rings. The Kier molecular flexibility index (Phi) is 6.19. The predicted octanol–water partition coefficient (Wildman–Crippen LogP) is 2.90. The molecule has 0 saturated carbocycles. The molecule has 6 nitrogen and oxygen atoms in total. The molecule has 0 unspecified atom stereocenters. The standard InChI is InChI=1S/C22H26N2O4/c1-16-9-10-18(15-20(16)27-3)22(26)28-17(2)21(25)24-13-11-23(12-14-24)19-7-5-4-6-8-19/h4-10,15,17H,11-14H2,1-3H3/t17-/m0/s1. The van der Waals surface area contributed by atoms with Crippen molar-refractivity contribution in [2.24, 2.45) is 0 Å². The van der Waals surface area contributed by atoms with Crippen LogP contribution in [0.3, 0.4) is 0 Å². The van der Waals surface area contributed by atoms with Gasteiger partial charge in [-0.25, -0.2) is 4.79 Å². The van der Waals surface area contributed by atoms with Crippen LogP contribution >= 0.6 is 0 Å². The molecule has 6 heteroatoms. The summed E-state index contributed by atoms with van der Waals surface area (Å²) in [5.41, 5.74) is 2.46. The van der Waals surface area contributed by atoms with E-state index in [-0.39, 0.29) is 5.91 Å². The van der Waals surface area contributed by atoms with Crippen LogP contribution in [0.15, 0.2) is 48.5 Å². The normalized spacial score (nSPS) is 15.1. The Bertz CT molecular complexity index is 830. The summed E-state index contributed by atoms with van der Waals surface area (Å²) in [6, 6.07) is 15.2. The highest BCUT2D eigenvalue weighted by molar-refractivity contribution is 5.92. The zero-order chi connectivity index (χ0) is 20.1. The van der Waals surface area contributed by atoms with E-state index in [0.29, 0.717) is 24.4 Å². The first kappa shape index (κ1) is 19.7. The van der Waals surface area contributed by atoms with Crippen molar-refractivity contribution in [3.8, 4) is 5.75 Å². The Morgan fingerprint density at radius 1 is 1.00 bits per heavy atom. The molecular formula is C22H26N2O4. The van der Waals surface area contributed by atoms with Gasteiger partial charge < -0.3 is 19.3 Å². The first-order valence-corrected chi connectivity index (χ1v) is 9.44. The molecule has 148 valence electrons. The van der Waals surface area contributed by atoms with Crippen molar-refractivity contribution >= 4 is 17.6 Å². The number of carbonyl (C=O) groups is 2. The summed E-state index contributed by atoms with van der Waals surface area (Å²) in [5.74, 6) is -0.0762. The number of nitrogens with zero attached hydrogens (tertiary/aromatic N) is 2. The van der Waals surface area contributed by atoms with Crippen molar-refractivity contribution in [1.82, 2.24) is 4.90 Å². The molecule has 1 aliphatic rings. The summed E-state index contributed by atoms with van der Waals surface area (Å²) in [7, 11) is 1.55. The number of para-hydroxylation sites is 1. The Morgan fingerprint density at radius 2 is 1.68 bits per heavy atom. The van der Waals surface area contributed by atoms with E-state index in [0.717, 1.165) is 24.3 Å². The lowest BCUT2D eigenvalue weighted by atomic mass is 10.1. The van der Waals surface area contributed by atoms with Crippen molar-refractivity contribution in [1.29, 1.82) is 0 Å². The van der Waals surface area contributed by atoms with Gasteiger partial charge in [0, 0.05) is 31.9 Å². The third-order valence-corrected chi connectivity index (χ3v) is 4.99. The van der Waals surface area contributed by atoms with Crippen LogP contribution in [0.1, 0.15) is 22.8 Å². The summed E-state index contributed by atoms with van der Waals surface area (Å²) in [6.07, 6.45) is -0.830. The van der Waals surface area contributed by atoms with Gasteiger partial charge in [0.1, 0.15) is 5.75 Å². The number of aryl methyl sites for hydroxylation is 1. The maximum Gasteiger partial charge on any atom is 0.339 e. The van der Waals surface area contributed by atoms with E-state index in [2.05, 4.69) is 17.0 Å². The van der Waals surface area contributed by atoms with Crippen molar-refractivity contribution in [2.75, 3.05) is 38.2 Å². The van der Waals surface area contributed by atoms with Crippen LogP contribution in [0.4, 0.5) is 5.69 Å². The Morgan fingerprint density at radius 3 is 2.32 bits per heavy atom. The molecule has 28 heavy (non-hydrogen) atoms. The number of amides is 1. The number of ether oxygens (including phenoxy) is 2. The van der Waals surface area contributed by atoms with Crippen LogP contribution < -0.4 is 9.64 Å². The van der Waals surface area contributed by atoms with Gasteiger partial charge in [-0.2, -0.15) is 0 Å². The summed E-state index contributed by atoms with van der Waals surface area (Å²) >= 11 is 0. The number of hydrogen-bond donors (Lipinski definition) is 0. The lowest BCUT2D eigenvalue weighted by Gasteiger charge is -2.37. The van der Waals surface area contributed by atoms with Gasteiger partial charge in [-0.3, -0.25) is 4.79 Å². The van der Waals surface area contributed by atoms with Crippen molar-refractivity contribution in [3.63, 3.8) is 0 Å². The molecule has 0 aromatic heterocycles. The van der Waals surface area contributed by atoms with Crippen LogP contribution in [0, 0.1) is 6.92 Å². The van der Waals surface area contributed by atoms with Crippen LogP contribution in [0.2, 0.25) is 0 Å². The van der Waals surface area contributed by atoms with Gasteiger partial charge >= 0.3 is 5.97 Å². The number of rotatable bonds is 5. The third-order valence-electron chi connectivity index (χ3n) is 4.99. The molecule has 1 atom stereocenters. The number of esters is 1. The van der Waals surface area contributed by atoms with Crippen LogP contribution in [-0.2, 0) is 9.53 Å². The molecule has 0 spiro atoms. The quantitative estimate of drug-likeness (QED) is 0.744. The second kappa shape index (κ2) is 8.78. The maximum absolute atomic E-state index is 12.7. The molecule has 2 aromatic rings. The lowest BCUT2D eigenvalue weighted by molar-refractivity contribution is -0.140. The molecule has 1 heterocycles. The van der Waals surface area contributed by atoms with E-state index < -0.39 is 12.1 Å². The number of benzene rings is 2.